The van der Waals surface area contributed by atoms with Gasteiger partial charge in [0.25, 0.3) is 0 Å². The Kier molecular flexibility index (Phi) is 3.89. The molecule has 0 bridgehead atoms. The Morgan fingerprint density at radius 2 is 2.38 bits per heavy atom. The number of nitrogens with one attached hydrogen (secondary N) is 3. The number of aromatic amines is 2. The normalized spacial score (nSPS) is 10.9. The Balaban J connectivity index is 1.97. The highest BCUT2D eigenvalue weighted by atomic mass is 32.1. The number of nitrogens with zero attached hydrogens (tertiary/aromatic N) is 2. The molecule has 0 aliphatic carbocycles. The van der Waals surface area contributed by atoms with Crippen LogP contribution in [0.1, 0.15) is 6.42 Å². The van der Waals surface area contributed by atoms with Gasteiger partial charge in [0.15, 0.2) is 10.6 Å². The largest absolute Gasteiger partial charge is 0.396 e. The Bertz CT molecular complexity index is 813. The lowest BCUT2D eigenvalue weighted by Crippen LogP contribution is -2.16. The molecule has 0 atom stereocenters. The number of anilines is 1. The van der Waals surface area contributed by atoms with E-state index in [9.17, 15) is 4.79 Å². The van der Waals surface area contributed by atoms with Crippen LogP contribution >= 0.6 is 11.3 Å². The number of pyridine rings is 1. The van der Waals surface area contributed by atoms with Crippen LogP contribution in [-0.2, 0) is 0 Å². The van der Waals surface area contributed by atoms with E-state index in [0.717, 1.165) is 5.13 Å². The highest BCUT2D eigenvalue weighted by molar-refractivity contribution is 7.14. The van der Waals surface area contributed by atoms with E-state index < -0.39 is 0 Å². The number of hydrogen-bond acceptors (Lipinski definition) is 6. The summed E-state index contributed by atoms with van der Waals surface area (Å²) < 4.78 is 0. The number of rotatable bonds is 5. The number of fused-ring (bicyclic) bond motifs is 1. The van der Waals surface area contributed by atoms with Gasteiger partial charge in [-0.1, -0.05) is 0 Å². The molecule has 3 aromatic rings. The maximum absolute atomic E-state index is 11.8. The molecule has 8 heteroatoms. The minimum Gasteiger partial charge on any atom is -0.396 e. The second-order valence-electron chi connectivity index (χ2n) is 4.39. The third kappa shape index (κ3) is 2.76. The molecule has 0 fully saturated rings. The summed E-state index contributed by atoms with van der Waals surface area (Å²) in [6.45, 7) is 0.812. The Labute approximate surface area is 123 Å². The molecule has 3 rings (SSSR count). The summed E-state index contributed by atoms with van der Waals surface area (Å²) in [6.07, 6.45) is 3.76. The van der Waals surface area contributed by atoms with Crippen LogP contribution in [0.2, 0.25) is 0 Å². The zero-order chi connectivity index (χ0) is 14.7. The molecule has 21 heavy (non-hydrogen) atoms. The van der Waals surface area contributed by atoms with Crippen molar-refractivity contribution in [3.8, 4) is 11.4 Å². The van der Waals surface area contributed by atoms with Gasteiger partial charge in [0.05, 0.1) is 0 Å². The lowest BCUT2D eigenvalue weighted by atomic mass is 10.2. The van der Waals surface area contributed by atoms with E-state index in [0.29, 0.717) is 35.3 Å². The first-order chi connectivity index (χ1) is 10.3. The Morgan fingerprint density at radius 1 is 1.48 bits per heavy atom. The van der Waals surface area contributed by atoms with Gasteiger partial charge in [-0.15, -0.1) is 11.3 Å². The molecule has 7 nitrogen and oxygen atoms in total. The molecule has 3 heterocycles. The van der Waals surface area contributed by atoms with Gasteiger partial charge in [-0.05, 0) is 12.5 Å². The summed E-state index contributed by atoms with van der Waals surface area (Å²) in [5, 5.41) is 15.1. The highest BCUT2D eigenvalue weighted by Crippen LogP contribution is 2.26. The summed E-state index contributed by atoms with van der Waals surface area (Å²) in [7, 11) is 0. The van der Waals surface area contributed by atoms with Crippen molar-refractivity contribution < 1.29 is 10.1 Å². The van der Waals surface area contributed by atoms with Crippen LogP contribution in [0.5, 0.6) is 0 Å². The van der Waals surface area contributed by atoms with E-state index >= 15 is 0 Å². The van der Waals surface area contributed by atoms with Crippen LogP contribution in [0, 0.1) is 0 Å². The van der Waals surface area contributed by atoms with E-state index in [4.69, 9.17) is 5.11 Å². The molecule has 108 valence electrons. The number of hydrogen-bond donors (Lipinski definition) is 3. The van der Waals surface area contributed by atoms with Crippen molar-refractivity contribution in [1.29, 1.82) is 0 Å². The maximum Gasteiger partial charge on any atom is 0.342 e. The molecule has 0 saturated heterocycles. The van der Waals surface area contributed by atoms with Crippen LogP contribution in [-0.4, -0.2) is 33.2 Å². The van der Waals surface area contributed by atoms with Gasteiger partial charge in [-0.2, -0.15) is 0 Å². The molecule has 0 unspecified atom stereocenters. The summed E-state index contributed by atoms with van der Waals surface area (Å²) >= 11 is 1.46. The average molecular weight is 304 g/mol. The molecule has 0 amide bonds. The Hall–Kier alpha value is -2.32. The summed E-state index contributed by atoms with van der Waals surface area (Å²) in [4.78, 5) is 26.2. The van der Waals surface area contributed by atoms with Gasteiger partial charge >= 0.3 is 5.56 Å². The standard InChI is InChI=1S/C13H13N5O2S/c19-5-1-3-15-13-18-9(6-21-13)11-10-8(2-4-14-11)12(20)17-7-16-10/h2,4,6-7,19H,1,3,5H2,(H,15,18)(H,16,17,20)/p+1. The third-order valence-electron chi connectivity index (χ3n) is 2.97. The van der Waals surface area contributed by atoms with E-state index in [1.54, 1.807) is 12.3 Å². The topological polar surface area (TPSA) is 105 Å². The number of H-pyrrole nitrogens is 2. The molecule has 0 saturated carbocycles. The quantitative estimate of drug-likeness (QED) is 0.600. The first-order valence-corrected chi connectivity index (χ1v) is 7.36. The van der Waals surface area contributed by atoms with Crippen LogP contribution in [0.25, 0.3) is 22.3 Å². The van der Waals surface area contributed by atoms with Crippen LogP contribution in [0.15, 0.2) is 28.8 Å². The number of aliphatic hydroxyl groups is 1. The SMILES string of the molecule is O=c1[nH]c[nH+]c2c(-c3csc(NCCCO)n3)nccc12. The molecular weight excluding hydrogens is 290 g/mol. The van der Waals surface area contributed by atoms with Crippen LogP contribution in [0.4, 0.5) is 5.13 Å². The van der Waals surface area contributed by atoms with Crippen LogP contribution < -0.4 is 15.9 Å². The number of thiazole rings is 1. The molecular formula is C13H14N5O2S+. The fraction of sp³-hybridized carbons (Fsp3) is 0.231. The first-order valence-electron chi connectivity index (χ1n) is 6.48. The van der Waals surface area contributed by atoms with E-state index in [1.807, 2.05) is 5.38 Å². The highest BCUT2D eigenvalue weighted by Gasteiger charge is 2.14. The van der Waals surface area contributed by atoms with E-state index in [-0.39, 0.29) is 12.2 Å². The van der Waals surface area contributed by atoms with Gasteiger partial charge in [0, 0.05) is 24.7 Å². The number of aliphatic hydroxyl groups excluding tert-OH is 1. The predicted octanol–water partition coefficient (Wildman–Crippen LogP) is 0.655. The lowest BCUT2D eigenvalue weighted by molar-refractivity contribution is -0.349. The Morgan fingerprint density at radius 3 is 3.24 bits per heavy atom. The predicted molar refractivity (Wildman–Crippen MR) is 80.2 cm³/mol. The zero-order valence-corrected chi connectivity index (χ0v) is 11.9. The molecule has 0 aliphatic heterocycles. The molecule has 0 aliphatic rings. The summed E-state index contributed by atoms with van der Waals surface area (Å²) in [5.74, 6) is 0. The van der Waals surface area contributed by atoms with Gasteiger partial charge in [-0.25, -0.2) is 19.7 Å². The van der Waals surface area contributed by atoms with Crippen molar-refractivity contribution >= 4 is 27.4 Å². The maximum atomic E-state index is 11.8. The minimum absolute atomic E-state index is 0.147. The van der Waals surface area contributed by atoms with E-state index in [2.05, 4.69) is 25.3 Å². The van der Waals surface area contributed by atoms with Gasteiger partial charge in [0.1, 0.15) is 16.8 Å². The van der Waals surface area contributed by atoms with Crippen LogP contribution in [0.3, 0.4) is 0 Å². The third-order valence-corrected chi connectivity index (χ3v) is 3.77. The monoisotopic (exact) mass is 304 g/mol. The summed E-state index contributed by atoms with van der Waals surface area (Å²) in [6, 6.07) is 1.67. The van der Waals surface area contributed by atoms with Gasteiger partial charge < -0.3 is 10.4 Å². The smallest absolute Gasteiger partial charge is 0.342 e. The van der Waals surface area contributed by atoms with Crippen molar-refractivity contribution in [2.75, 3.05) is 18.5 Å². The van der Waals surface area contributed by atoms with Crippen molar-refractivity contribution in [3.05, 3.63) is 34.3 Å². The molecule has 0 radical (unpaired) electrons. The minimum atomic E-state index is -0.163. The average Bonchev–Trinajstić information content (AvgIpc) is 2.96. The fourth-order valence-electron chi connectivity index (χ4n) is 1.98. The lowest BCUT2D eigenvalue weighted by Gasteiger charge is -2.00. The molecule has 4 N–H and O–H groups in total. The second kappa shape index (κ2) is 5.98. The zero-order valence-electron chi connectivity index (χ0n) is 11.1. The number of aromatic nitrogens is 4. The van der Waals surface area contributed by atoms with Crippen molar-refractivity contribution in [3.63, 3.8) is 0 Å². The van der Waals surface area contributed by atoms with Crippen molar-refractivity contribution in [1.82, 2.24) is 15.0 Å². The first kappa shape index (κ1) is 13.7. The molecule has 0 spiro atoms. The van der Waals surface area contributed by atoms with Gasteiger partial charge in [0.2, 0.25) is 6.33 Å². The second-order valence-corrected chi connectivity index (χ2v) is 5.24. The van der Waals surface area contributed by atoms with Crippen molar-refractivity contribution in [2.24, 2.45) is 0 Å². The van der Waals surface area contributed by atoms with Gasteiger partial charge in [-0.3, -0.25) is 4.98 Å². The molecule has 3 aromatic heterocycles. The fourth-order valence-corrected chi connectivity index (χ4v) is 2.70. The van der Waals surface area contributed by atoms with E-state index in [1.165, 1.54) is 17.7 Å². The molecule has 0 aromatic carbocycles. The van der Waals surface area contributed by atoms with Crippen molar-refractivity contribution in [2.45, 2.75) is 6.42 Å². The summed E-state index contributed by atoms with van der Waals surface area (Å²) in [5.41, 5.74) is 1.85.